The molecule has 1 fully saturated rings. The van der Waals surface area contributed by atoms with Crippen LogP contribution in [0.25, 0.3) is 0 Å². The molecule has 0 aromatic carbocycles. The molecule has 1 heterocycles. The highest BCUT2D eigenvalue weighted by Gasteiger charge is 2.23. The molecule has 3 nitrogen and oxygen atoms in total. The maximum absolute atomic E-state index is 11.5. The maximum Gasteiger partial charge on any atom is 0.250 e. The fourth-order valence-electron chi connectivity index (χ4n) is 2.16. The van der Waals surface area contributed by atoms with Gasteiger partial charge in [0.2, 0.25) is 0 Å². The van der Waals surface area contributed by atoms with Crippen LogP contribution >= 0.6 is 15.9 Å². The highest BCUT2D eigenvalue weighted by atomic mass is 79.9. The largest absolute Gasteiger partial charge is 0.314 e. The first-order chi connectivity index (χ1) is 7.66. The van der Waals surface area contributed by atoms with Gasteiger partial charge >= 0.3 is 0 Å². The topological polar surface area (TPSA) is 39.1 Å². The molecule has 0 spiro atoms. The number of hydrogen-bond donors (Lipinski definition) is 0. The van der Waals surface area contributed by atoms with Gasteiger partial charge in [0.25, 0.3) is 5.56 Å². The summed E-state index contributed by atoms with van der Waals surface area (Å²) in [4.78, 5) is 23.0. The van der Waals surface area contributed by atoms with Crippen LogP contribution in [-0.2, 0) is 11.3 Å². The van der Waals surface area contributed by atoms with E-state index in [0.29, 0.717) is 12.3 Å². The molecule has 2 rings (SSSR count). The molecule has 0 bridgehead atoms. The summed E-state index contributed by atoms with van der Waals surface area (Å²) < 4.78 is 2.56. The molecule has 4 heteroatoms. The fraction of sp³-hybridized carbons (Fsp3) is 0.500. The van der Waals surface area contributed by atoms with Gasteiger partial charge in [-0.2, -0.15) is 0 Å². The average Bonchev–Trinajstić information content (AvgIpc) is 2.66. The summed E-state index contributed by atoms with van der Waals surface area (Å²) in [6, 6.07) is 3.28. The van der Waals surface area contributed by atoms with Crippen LogP contribution in [0.3, 0.4) is 0 Å². The van der Waals surface area contributed by atoms with Crippen molar-refractivity contribution in [2.75, 3.05) is 0 Å². The number of nitrogens with zero attached hydrogens (tertiary/aromatic N) is 1. The third-order valence-corrected chi connectivity index (χ3v) is 3.57. The van der Waals surface area contributed by atoms with Crippen LogP contribution in [0.5, 0.6) is 0 Å². The molecule has 86 valence electrons. The van der Waals surface area contributed by atoms with Gasteiger partial charge in [0.15, 0.2) is 0 Å². The predicted molar refractivity (Wildman–Crippen MR) is 65.4 cm³/mol. The molecule has 1 atom stereocenters. The Kier molecular flexibility index (Phi) is 3.59. The van der Waals surface area contributed by atoms with Crippen LogP contribution in [0.15, 0.2) is 27.6 Å². The van der Waals surface area contributed by atoms with Gasteiger partial charge in [-0.3, -0.25) is 9.59 Å². The monoisotopic (exact) mass is 283 g/mol. The quantitative estimate of drug-likeness (QED) is 0.854. The molecule has 16 heavy (non-hydrogen) atoms. The first kappa shape index (κ1) is 11.6. The van der Waals surface area contributed by atoms with Gasteiger partial charge in [-0.25, -0.2) is 0 Å². The van der Waals surface area contributed by atoms with Crippen LogP contribution in [0.1, 0.15) is 25.7 Å². The SMILES string of the molecule is O=C1CCCC1CCn1cc(Br)ccc1=O. The Morgan fingerprint density at radius 2 is 2.19 bits per heavy atom. The fourth-order valence-corrected chi connectivity index (χ4v) is 2.54. The van der Waals surface area contributed by atoms with E-state index in [0.717, 1.165) is 30.2 Å². The van der Waals surface area contributed by atoms with Gasteiger partial charge in [0.1, 0.15) is 5.78 Å². The maximum atomic E-state index is 11.5. The number of aromatic nitrogens is 1. The molecule has 0 N–H and O–H groups in total. The molecule has 1 saturated carbocycles. The Hall–Kier alpha value is -0.900. The van der Waals surface area contributed by atoms with Crippen LogP contribution in [0.2, 0.25) is 0 Å². The van der Waals surface area contributed by atoms with E-state index in [-0.39, 0.29) is 11.5 Å². The van der Waals surface area contributed by atoms with Gasteiger partial charge in [-0.1, -0.05) is 0 Å². The molecule has 1 unspecified atom stereocenters. The van der Waals surface area contributed by atoms with E-state index >= 15 is 0 Å². The van der Waals surface area contributed by atoms with E-state index < -0.39 is 0 Å². The van der Waals surface area contributed by atoms with Crippen molar-refractivity contribution in [2.45, 2.75) is 32.2 Å². The summed E-state index contributed by atoms with van der Waals surface area (Å²) in [5, 5.41) is 0. The summed E-state index contributed by atoms with van der Waals surface area (Å²) in [7, 11) is 0. The van der Waals surface area contributed by atoms with Crippen molar-refractivity contribution in [3.05, 3.63) is 33.2 Å². The number of aryl methyl sites for hydroxylation is 1. The van der Waals surface area contributed by atoms with Gasteiger partial charge in [0.05, 0.1) is 0 Å². The van der Waals surface area contributed by atoms with Crippen molar-refractivity contribution >= 4 is 21.7 Å². The smallest absolute Gasteiger partial charge is 0.250 e. The lowest BCUT2D eigenvalue weighted by Crippen LogP contribution is -2.20. The van der Waals surface area contributed by atoms with Crippen LogP contribution in [0, 0.1) is 5.92 Å². The van der Waals surface area contributed by atoms with E-state index in [4.69, 9.17) is 0 Å². The van der Waals surface area contributed by atoms with Crippen molar-refractivity contribution in [1.29, 1.82) is 0 Å². The number of Topliss-reactive ketones (excluding diaryl/α,β-unsaturated/α-hetero) is 1. The van der Waals surface area contributed by atoms with E-state index in [2.05, 4.69) is 15.9 Å². The van der Waals surface area contributed by atoms with Gasteiger partial charge in [-0.05, 0) is 41.3 Å². The molecule has 0 amide bonds. The zero-order valence-electron chi connectivity index (χ0n) is 8.99. The molecule has 0 saturated heterocycles. The number of hydrogen-bond acceptors (Lipinski definition) is 2. The minimum atomic E-state index is -0.00588. The third kappa shape index (κ3) is 2.61. The summed E-state index contributed by atoms with van der Waals surface area (Å²) in [5.74, 6) is 0.536. The third-order valence-electron chi connectivity index (χ3n) is 3.10. The molecular weight excluding hydrogens is 270 g/mol. The summed E-state index contributed by atoms with van der Waals surface area (Å²) in [6.07, 6.45) is 5.29. The highest BCUT2D eigenvalue weighted by Crippen LogP contribution is 2.24. The standard InChI is InChI=1S/C12H14BrNO2/c13-10-4-5-12(16)14(8-10)7-6-9-2-1-3-11(9)15/h4-5,8-9H,1-3,6-7H2. The number of carbonyl (C=O) groups is 1. The number of ketones is 1. The second-order valence-corrected chi connectivity index (χ2v) is 5.14. The van der Waals surface area contributed by atoms with E-state index in [9.17, 15) is 9.59 Å². The van der Waals surface area contributed by atoms with Gasteiger partial charge in [0, 0.05) is 35.6 Å². The Morgan fingerprint density at radius 3 is 2.88 bits per heavy atom. The van der Waals surface area contributed by atoms with Gasteiger partial charge < -0.3 is 4.57 Å². The second kappa shape index (κ2) is 4.95. The van der Waals surface area contributed by atoms with Crippen molar-refractivity contribution in [3.8, 4) is 0 Å². The number of pyridine rings is 1. The van der Waals surface area contributed by atoms with Crippen LogP contribution in [0.4, 0.5) is 0 Å². The molecule has 0 radical (unpaired) electrons. The Labute approximate surface area is 103 Å². The summed E-state index contributed by atoms with van der Waals surface area (Å²) >= 11 is 3.34. The Balaban J connectivity index is 2.01. The van der Waals surface area contributed by atoms with Gasteiger partial charge in [-0.15, -0.1) is 0 Å². The lowest BCUT2D eigenvalue weighted by molar-refractivity contribution is -0.120. The van der Waals surface area contributed by atoms with Crippen LogP contribution in [-0.4, -0.2) is 10.4 Å². The lowest BCUT2D eigenvalue weighted by atomic mass is 10.0. The zero-order chi connectivity index (χ0) is 11.5. The van der Waals surface area contributed by atoms with Crippen molar-refractivity contribution in [3.63, 3.8) is 0 Å². The van der Waals surface area contributed by atoms with Crippen molar-refractivity contribution < 1.29 is 4.79 Å². The molecule has 1 aromatic rings. The lowest BCUT2D eigenvalue weighted by Gasteiger charge is -2.09. The van der Waals surface area contributed by atoms with Crippen molar-refractivity contribution in [1.82, 2.24) is 4.57 Å². The molecule has 1 aliphatic carbocycles. The number of carbonyl (C=O) groups excluding carboxylic acids is 1. The minimum Gasteiger partial charge on any atom is -0.314 e. The second-order valence-electron chi connectivity index (χ2n) is 4.22. The summed E-state index contributed by atoms with van der Waals surface area (Å²) in [5.41, 5.74) is -0.00588. The summed E-state index contributed by atoms with van der Waals surface area (Å²) in [6.45, 7) is 0.634. The van der Waals surface area contributed by atoms with E-state index in [1.165, 1.54) is 0 Å². The molecule has 0 aliphatic heterocycles. The average molecular weight is 284 g/mol. The first-order valence-electron chi connectivity index (χ1n) is 5.55. The zero-order valence-corrected chi connectivity index (χ0v) is 10.6. The first-order valence-corrected chi connectivity index (χ1v) is 6.35. The number of halogens is 1. The highest BCUT2D eigenvalue weighted by molar-refractivity contribution is 9.10. The number of rotatable bonds is 3. The molecule has 1 aromatic heterocycles. The van der Waals surface area contributed by atoms with E-state index in [1.807, 2.05) is 0 Å². The Bertz CT molecular complexity index is 453. The van der Waals surface area contributed by atoms with Crippen molar-refractivity contribution in [2.24, 2.45) is 5.92 Å². The minimum absolute atomic E-state index is 0.00588. The Morgan fingerprint density at radius 1 is 1.38 bits per heavy atom. The normalized spacial score (nSPS) is 20.3. The molecule has 1 aliphatic rings. The van der Waals surface area contributed by atoms with Crippen LogP contribution < -0.4 is 5.56 Å². The van der Waals surface area contributed by atoms with E-state index in [1.54, 1.807) is 22.9 Å². The molecular formula is C12H14BrNO2. The predicted octanol–water partition coefficient (Wildman–Crippen LogP) is 2.37.